The van der Waals surface area contributed by atoms with Crippen molar-refractivity contribution in [3.05, 3.63) is 11.5 Å². The summed E-state index contributed by atoms with van der Waals surface area (Å²) in [6, 6.07) is 0. The Morgan fingerprint density at radius 3 is 1.89 bits per heavy atom. The topological polar surface area (TPSA) is 34.1 Å². The van der Waals surface area contributed by atoms with Crippen LogP contribution in [0.3, 0.4) is 0 Å². The van der Waals surface area contributed by atoms with Gasteiger partial charge in [-0.15, -0.1) is 0 Å². The van der Waals surface area contributed by atoms with Gasteiger partial charge in [0.15, 0.2) is 9.84 Å². The van der Waals surface area contributed by atoms with Gasteiger partial charge in [-0.1, -0.05) is 6.08 Å². The van der Waals surface area contributed by atoms with Crippen molar-refractivity contribution in [1.29, 1.82) is 0 Å². The zero-order valence-electron chi connectivity index (χ0n) is 5.96. The van der Waals surface area contributed by atoms with Gasteiger partial charge in [0.25, 0.3) is 0 Å². The molecule has 0 radical (unpaired) electrons. The van der Waals surface area contributed by atoms with Crippen LogP contribution in [0.1, 0.15) is 20.8 Å². The molecule has 2 nitrogen and oxygen atoms in total. The highest BCUT2D eigenvalue weighted by Gasteiger charge is 2.09. The minimum atomic E-state index is -2.93. The van der Waals surface area contributed by atoms with E-state index in [2.05, 4.69) is 0 Å². The maximum Gasteiger partial charge on any atom is 0.173 e. The van der Waals surface area contributed by atoms with E-state index in [0.717, 1.165) is 0 Å². The summed E-state index contributed by atoms with van der Waals surface area (Å²) in [4.78, 5) is 0. The molecule has 54 valence electrons. The molecule has 0 rings (SSSR count). The van der Waals surface area contributed by atoms with Crippen molar-refractivity contribution in [3.8, 4) is 0 Å². The molecular formula is C6H12O2S. The largest absolute Gasteiger partial charge is 0.224 e. The summed E-state index contributed by atoms with van der Waals surface area (Å²) in [5.74, 6) is 0. The van der Waals surface area contributed by atoms with Crippen molar-refractivity contribution in [1.82, 2.24) is 0 Å². The molecule has 0 heterocycles. The molecule has 0 fully saturated rings. The second-order valence-corrected chi connectivity index (χ2v) is 4.50. The Hall–Kier alpha value is -0.310. The van der Waals surface area contributed by atoms with Crippen LogP contribution in [0.15, 0.2) is 11.5 Å². The fraction of sp³-hybridized carbons (Fsp3) is 0.667. The summed E-state index contributed by atoms with van der Waals surface area (Å²) < 4.78 is 21.7. The van der Waals surface area contributed by atoms with Crippen molar-refractivity contribution < 1.29 is 8.42 Å². The van der Waals surface area contributed by atoms with Gasteiger partial charge in [-0.05, 0) is 20.8 Å². The summed E-state index contributed by atoms with van der Waals surface area (Å²) >= 11 is 0. The van der Waals surface area contributed by atoms with E-state index < -0.39 is 9.84 Å². The molecule has 0 unspecified atom stereocenters. The SMILES string of the molecule is C/C=C\S(=O)(=O)C(C)C. The third-order valence-electron chi connectivity index (χ3n) is 0.983. The first kappa shape index (κ1) is 8.69. The van der Waals surface area contributed by atoms with Crippen LogP contribution < -0.4 is 0 Å². The summed E-state index contributed by atoms with van der Waals surface area (Å²) in [5.41, 5.74) is 0. The van der Waals surface area contributed by atoms with Crippen LogP contribution in [-0.4, -0.2) is 13.7 Å². The van der Waals surface area contributed by atoms with Gasteiger partial charge in [0.1, 0.15) is 0 Å². The number of rotatable bonds is 2. The Balaban J connectivity index is 4.42. The Kier molecular flexibility index (Phi) is 2.91. The lowest BCUT2D eigenvalue weighted by atomic mass is 10.6. The lowest BCUT2D eigenvalue weighted by Gasteiger charge is -1.98. The average molecular weight is 148 g/mol. The molecule has 0 N–H and O–H groups in total. The van der Waals surface area contributed by atoms with Crippen molar-refractivity contribution in [2.75, 3.05) is 0 Å². The van der Waals surface area contributed by atoms with Gasteiger partial charge in [0.2, 0.25) is 0 Å². The van der Waals surface area contributed by atoms with Crippen molar-refractivity contribution in [2.45, 2.75) is 26.0 Å². The van der Waals surface area contributed by atoms with E-state index >= 15 is 0 Å². The van der Waals surface area contributed by atoms with E-state index in [9.17, 15) is 8.42 Å². The molecule has 0 saturated heterocycles. The predicted octanol–water partition coefficient (Wildman–Crippen LogP) is 1.34. The predicted molar refractivity (Wildman–Crippen MR) is 38.9 cm³/mol. The summed E-state index contributed by atoms with van der Waals surface area (Å²) in [7, 11) is -2.93. The molecule has 3 heteroatoms. The maximum absolute atomic E-state index is 10.8. The van der Waals surface area contributed by atoms with Crippen LogP contribution in [0.5, 0.6) is 0 Å². The summed E-state index contributed by atoms with van der Waals surface area (Å²) in [5, 5.41) is 0.936. The van der Waals surface area contributed by atoms with Gasteiger partial charge in [-0.3, -0.25) is 0 Å². The third-order valence-corrected chi connectivity index (χ3v) is 2.95. The van der Waals surface area contributed by atoms with E-state index in [1.54, 1.807) is 20.8 Å². The third kappa shape index (κ3) is 2.65. The second kappa shape index (κ2) is 3.01. The first-order valence-electron chi connectivity index (χ1n) is 2.87. The fourth-order valence-electron chi connectivity index (χ4n) is 0.347. The molecule has 0 atom stereocenters. The van der Waals surface area contributed by atoms with Gasteiger partial charge in [-0.2, -0.15) is 0 Å². The first-order valence-corrected chi connectivity index (χ1v) is 4.48. The monoisotopic (exact) mass is 148 g/mol. The van der Waals surface area contributed by atoms with Crippen LogP contribution in [0, 0.1) is 0 Å². The van der Waals surface area contributed by atoms with Gasteiger partial charge in [0, 0.05) is 5.41 Å². The Bertz CT molecular complexity index is 187. The van der Waals surface area contributed by atoms with Crippen LogP contribution in [0.4, 0.5) is 0 Å². The molecule has 0 aliphatic rings. The zero-order chi connectivity index (χ0) is 7.49. The van der Waals surface area contributed by atoms with E-state index in [4.69, 9.17) is 0 Å². The molecule has 0 bridgehead atoms. The van der Waals surface area contributed by atoms with E-state index in [0.29, 0.717) is 0 Å². The number of sulfone groups is 1. The average Bonchev–Trinajstić information content (AvgIpc) is 1.65. The lowest BCUT2D eigenvalue weighted by molar-refractivity contribution is 0.596. The maximum atomic E-state index is 10.8. The quantitative estimate of drug-likeness (QED) is 0.592. The highest BCUT2D eigenvalue weighted by atomic mass is 32.2. The van der Waals surface area contributed by atoms with Gasteiger partial charge >= 0.3 is 0 Å². The fourth-order valence-corrected chi connectivity index (χ4v) is 1.04. The minimum Gasteiger partial charge on any atom is -0.224 e. The molecule has 9 heavy (non-hydrogen) atoms. The molecule has 0 aromatic rings. The number of hydrogen-bond acceptors (Lipinski definition) is 2. The van der Waals surface area contributed by atoms with Crippen LogP contribution in [-0.2, 0) is 9.84 Å². The van der Waals surface area contributed by atoms with Crippen LogP contribution in [0.25, 0.3) is 0 Å². The molecule has 0 spiro atoms. The first-order chi connectivity index (χ1) is 4.00. The standard InChI is InChI=1S/C6H12O2S/c1-4-5-9(7,8)6(2)3/h4-6H,1-3H3/b5-4-. The Labute approximate surface area is 56.5 Å². The smallest absolute Gasteiger partial charge is 0.173 e. The normalized spacial score (nSPS) is 13.3. The molecule has 0 aromatic heterocycles. The summed E-state index contributed by atoms with van der Waals surface area (Å²) in [6.07, 6.45) is 1.54. The van der Waals surface area contributed by atoms with Crippen molar-refractivity contribution in [2.24, 2.45) is 0 Å². The Morgan fingerprint density at radius 2 is 1.78 bits per heavy atom. The number of hydrogen-bond donors (Lipinski definition) is 0. The second-order valence-electron chi connectivity index (χ2n) is 2.11. The molecule has 0 aliphatic heterocycles. The number of allylic oxidation sites excluding steroid dienone is 1. The van der Waals surface area contributed by atoms with Crippen LogP contribution in [0.2, 0.25) is 0 Å². The van der Waals surface area contributed by atoms with E-state index in [1.807, 2.05) is 0 Å². The van der Waals surface area contributed by atoms with Crippen molar-refractivity contribution in [3.63, 3.8) is 0 Å². The molecule has 0 aromatic carbocycles. The minimum absolute atomic E-state index is 0.298. The lowest BCUT2D eigenvalue weighted by Crippen LogP contribution is -2.09. The van der Waals surface area contributed by atoms with Gasteiger partial charge in [-0.25, -0.2) is 8.42 Å². The molecular weight excluding hydrogens is 136 g/mol. The van der Waals surface area contributed by atoms with Crippen molar-refractivity contribution >= 4 is 9.84 Å². The van der Waals surface area contributed by atoms with Gasteiger partial charge < -0.3 is 0 Å². The Morgan fingerprint density at radius 1 is 1.33 bits per heavy atom. The van der Waals surface area contributed by atoms with Crippen LogP contribution >= 0.6 is 0 Å². The molecule has 0 saturated carbocycles. The highest BCUT2D eigenvalue weighted by Crippen LogP contribution is 2.00. The molecule has 0 aliphatic carbocycles. The highest BCUT2D eigenvalue weighted by molar-refractivity contribution is 7.94. The zero-order valence-corrected chi connectivity index (χ0v) is 6.77. The van der Waals surface area contributed by atoms with E-state index in [1.165, 1.54) is 11.5 Å². The van der Waals surface area contributed by atoms with E-state index in [-0.39, 0.29) is 5.25 Å². The van der Waals surface area contributed by atoms with Gasteiger partial charge in [0.05, 0.1) is 5.25 Å². The summed E-state index contributed by atoms with van der Waals surface area (Å²) in [6.45, 7) is 5.02. The molecule has 0 amide bonds.